The molecule has 0 bridgehead atoms. The summed E-state index contributed by atoms with van der Waals surface area (Å²) in [5, 5.41) is 3.48. The van der Waals surface area contributed by atoms with E-state index in [1.54, 1.807) is 7.11 Å². The van der Waals surface area contributed by atoms with Gasteiger partial charge in [0.15, 0.2) is 0 Å². The van der Waals surface area contributed by atoms with E-state index in [0.717, 1.165) is 37.5 Å². The molecule has 0 heterocycles. The van der Waals surface area contributed by atoms with Gasteiger partial charge in [-0.2, -0.15) is 0 Å². The molecule has 1 rings (SSSR count). The SMILES string of the molecule is CCC1CCCC(CC(C)CNCCOC)C1. The van der Waals surface area contributed by atoms with E-state index in [0.29, 0.717) is 0 Å². The van der Waals surface area contributed by atoms with Crippen LogP contribution in [0.1, 0.15) is 52.4 Å². The van der Waals surface area contributed by atoms with Gasteiger partial charge < -0.3 is 10.1 Å². The average Bonchev–Trinajstić information content (AvgIpc) is 2.35. The first-order valence-corrected chi connectivity index (χ1v) is 7.45. The third-order valence-corrected chi connectivity index (χ3v) is 4.18. The zero-order valence-electron chi connectivity index (χ0n) is 12.0. The van der Waals surface area contributed by atoms with Crippen molar-refractivity contribution in [1.82, 2.24) is 5.32 Å². The Balaban J connectivity index is 2.10. The second-order valence-corrected chi connectivity index (χ2v) is 5.84. The summed E-state index contributed by atoms with van der Waals surface area (Å²) in [4.78, 5) is 0. The van der Waals surface area contributed by atoms with E-state index in [1.807, 2.05) is 0 Å². The molecule has 0 saturated heterocycles. The van der Waals surface area contributed by atoms with Crippen molar-refractivity contribution in [3.05, 3.63) is 0 Å². The fourth-order valence-corrected chi connectivity index (χ4v) is 3.16. The third-order valence-electron chi connectivity index (χ3n) is 4.18. The Morgan fingerprint density at radius 2 is 2.06 bits per heavy atom. The van der Waals surface area contributed by atoms with Crippen LogP contribution in [0.4, 0.5) is 0 Å². The predicted octanol–water partition coefficient (Wildman–Crippen LogP) is 3.47. The van der Waals surface area contributed by atoms with Gasteiger partial charge in [0.05, 0.1) is 6.61 Å². The van der Waals surface area contributed by atoms with Gasteiger partial charge in [0.2, 0.25) is 0 Å². The van der Waals surface area contributed by atoms with Crippen LogP contribution in [0.5, 0.6) is 0 Å². The van der Waals surface area contributed by atoms with E-state index in [9.17, 15) is 0 Å². The van der Waals surface area contributed by atoms with Gasteiger partial charge in [-0.15, -0.1) is 0 Å². The van der Waals surface area contributed by atoms with Crippen molar-refractivity contribution in [2.75, 3.05) is 26.8 Å². The van der Waals surface area contributed by atoms with Crippen LogP contribution in [-0.4, -0.2) is 26.8 Å². The Hall–Kier alpha value is -0.0800. The van der Waals surface area contributed by atoms with Gasteiger partial charge in [-0.25, -0.2) is 0 Å². The molecule has 0 aliphatic heterocycles. The van der Waals surface area contributed by atoms with Crippen molar-refractivity contribution >= 4 is 0 Å². The van der Waals surface area contributed by atoms with E-state index < -0.39 is 0 Å². The number of methoxy groups -OCH3 is 1. The Kier molecular flexibility index (Phi) is 7.87. The average molecular weight is 241 g/mol. The minimum Gasteiger partial charge on any atom is -0.383 e. The highest BCUT2D eigenvalue weighted by atomic mass is 16.5. The fraction of sp³-hybridized carbons (Fsp3) is 1.00. The lowest BCUT2D eigenvalue weighted by Crippen LogP contribution is -2.27. The van der Waals surface area contributed by atoms with Gasteiger partial charge in [0.1, 0.15) is 0 Å². The van der Waals surface area contributed by atoms with E-state index >= 15 is 0 Å². The van der Waals surface area contributed by atoms with Crippen molar-refractivity contribution in [2.24, 2.45) is 17.8 Å². The highest BCUT2D eigenvalue weighted by molar-refractivity contribution is 4.74. The van der Waals surface area contributed by atoms with E-state index in [2.05, 4.69) is 19.2 Å². The molecule has 2 nitrogen and oxygen atoms in total. The molecule has 0 spiro atoms. The van der Waals surface area contributed by atoms with Crippen LogP contribution in [0.3, 0.4) is 0 Å². The van der Waals surface area contributed by atoms with Gasteiger partial charge in [-0.1, -0.05) is 39.5 Å². The molecule has 2 heteroatoms. The van der Waals surface area contributed by atoms with Crippen LogP contribution in [0.15, 0.2) is 0 Å². The normalized spacial score (nSPS) is 27.0. The van der Waals surface area contributed by atoms with Crippen molar-refractivity contribution in [2.45, 2.75) is 52.4 Å². The lowest BCUT2D eigenvalue weighted by atomic mass is 9.77. The summed E-state index contributed by atoms with van der Waals surface area (Å²) in [6.45, 7) is 7.70. The number of rotatable bonds is 8. The summed E-state index contributed by atoms with van der Waals surface area (Å²) in [6, 6.07) is 0. The van der Waals surface area contributed by atoms with Gasteiger partial charge in [-0.3, -0.25) is 0 Å². The number of hydrogen-bond acceptors (Lipinski definition) is 2. The second-order valence-electron chi connectivity index (χ2n) is 5.84. The van der Waals surface area contributed by atoms with Crippen molar-refractivity contribution in [1.29, 1.82) is 0 Å². The Morgan fingerprint density at radius 1 is 1.29 bits per heavy atom. The Morgan fingerprint density at radius 3 is 2.76 bits per heavy atom. The standard InChI is InChI=1S/C15H31NO/c1-4-14-6-5-7-15(11-14)10-13(2)12-16-8-9-17-3/h13-16H,4-12H2,1-3H3. The van der Waals surface area contributed by atoms with Crippen LogP contribution >= 0.6 is 0 Å². The van der Waals surface area contributed by atoms with Crippen LogP contribution in [-0.2, 0) is 4.74 Å². The molecule has 3 unspecified atom stereocenters. The molecule has 1 saturated carbocycles. The summed E-state index contributed by atoms with van der Waals surface area (Å²) in [7, 11) is 1.76. The molecule has 1 fully saturated rings. The Bertz CT molecular complexity index is 184. The first-order chi connectivity index (χ1) is 8.26. The maximum Gasteiger partial charge on any atom is 0.0587 e. The zero-order chi connectivity index (χ0) is 12.5. The maximum atomic E-state index is 5.04. The molecule has 1 aliphatic carbocycles. The van der Waals surface area contributed by atoms with Gasteiger partial charge in [0, 0.05) is 13.7 Å². The van der Waals surface area contributed by atoms with Crippen LogP contribution in [0, 0.1) is 17.8 Å². The Labute approximate surface area is 108 Å². The number of hydrogen-bond donors (Lipinski definition) is 1. The highest BCUT2D eigenvalue weighted by Gasteiger charge is 2.22. The molecule has 0 aromatic rings. The molecule has 0 radical (unpaired) electrons. The van der Waals surface area contributed by atoms with Crippen molar-refractivity contribution in [3.8, 4) is 0 Å². The first-order valence-electron chi connectivity index (χ1n) is 7.45. The second kappa shape index (κ2) is 8.93. The molecule has 102 valence electrons. The van der Waals surface area contributed by atoms with Crippen molar-refractivity contribution < 1.29 is 4.74 Å². The zero-order valence-corrected chi connectivity index (χ0v) is 12.0. The first kappa shape index (κ1) is 15.0. The van der Waals surface area contributed by atoms with Gasteiger partial charge in [0.25, 0.3) is 0 Å². The fourth-order valence-electron chi connectivity index (χ4n) is 3.16. The molecule has 0 aromatic heterocycles. The maximum absolute atomic E-state index is 5.04. The molecule has 1 aliphatic rings. The summed E-state index contributed by atoms with van der Waals surface area (Å²) in [5.74, 6) is 2.82. The van der Waals surface area contributed by atoms with Crippen LogP contribution in [0.25, 0.3) is 0 Å². The summed E-state index contributed by atoms with van der Waals surface area (Å²) < 4.78 is 5.04. The predicted molar refractivity (Wildman–Crippen MR) is 74.3 cm³/mol. The van der Waals surface area contributed by atoms with E-state index in [1.165, 1.54) is 38.5 Å². The van der Waals surface area contributed by atoms with E-state index in [-0.39, 0.29) is 0 Å². The largest absolute Gasteiger partial charge is 0.383 e. The molecular weight excluding hydrogens is 210 g/mol. The minimum atomic E-state index is 0.812. The monoisotopic (exact) mass is 241 g/mol. The van der Waals surface area contributed by atoms with Crippen LogP contribution in [0.2, 0.25) is 0 Å². The topological polar surface area (TPSA) is 21.3 Å². The molecule has 17 heavy (non-hydrogen) atoms. The number of nitrogens with one attached hydrogen (secondary N) is 1. The summed E-state index contributed by atoms with van der Waals surface area (Å²) >= 11 is 0. The third kappa shape index (κ3) is 6.42. The number of ether oxygens (including phenoxy) is 1. The summed E-state index contributed by atoms with van der Waals surface area (Å²) in [5.41, 5.74) is 0. The van der Waals surface area contributed by atoms with Gasteiger partial charge in [-0.05, 0) is 37.1 Å². The lowest BCUT2D eigenvalue weighted by molar-refractivity contribution is 0.194. The van der Waals surface area contributed by atoms with Crippen LogP contribution < -0.4 is 5.32 Å². The quantitative estimate of drug-likeness (QED) is 0.657. The van der Waals surface area contributed by atoms with E-state index in [4.69, 9.17) is 4.74 Å². The lowest BCUT2D eigenvalue weighted by Gasteiger charge is -2.30. The summed E-state index contributed by atoms with van der Waals surface area (Å²) in [6.07, 6.45) is 8.70. The molecule has 0 aromatic carbocycles. The molecule has 3 atom stereocenters. The minimum absolute atomic E-state index is 0.812. The highest BCUT2D eigenvalue weighted by Crippen LogP contribution is 2.34. The molecular formula is C15H31NO. The molecule has 0 amide bonds. The molecule has 1 N–H and O–H groups in total. The van der Waals surface area contributed by atoms with Crippen molar-refractivity contribution in [3.63, 3.8) is 0 Å². The smallest absolute Gasteiger partial charge is 0.0587 e. The van der Waals surface area contributed by atoms with Gasteiger partial charge >= 0.3 is 0 Å².